The largest absolute Gasteiger partial charge is 0.497 e. The van der Waals surface area contributed by atoms with Crippen LogP contribution in [0.15, 0.2) is 60.8 Å². The number of piperazine rings is 1. The van der Waals surface area contributed by atoms with Crippen molar-refractivity contribution in [2.24, 2.45) is 0 Å². The van der Waals surface area contributed by atoms with Crippen molar-refractivity contribution in [1.29, 1.82) is 0 Å². The van der Waals surface area contributed by atoms with Gasteiger partial charge in [0.25, 0.3) is 5.91 Å². The van der Waals surface area contributed by atoms with Crippen LogP contribution in [-0.2, 0) is 0 Å². The van der Waals surface area contributed by atoms with Crippen LogP contribution < -0.4 is 9.64 Å². The molecule has 1 fully saturated rings. The Bertz CT molecular complexity index is 1260. The molecule has 0 bridgehead atoms. The Morgan fingerprint density at radius 1 is 1.00 bits per heavy atom. The second-order valence-corrected chi connectivity index (χ2v) is 7.83. The molecule has 3 heterocycles. The van der Waals surface area contributed by atoms with Crippen LogP contribution >= 0.6 is 0 Å². The summed E-state index contributed by atoms with van der Waals surface area (Å²) in [6, 6.07) is 17.5. The summed E-state index contributed by atoms with van der Waals surface area (Å²) in [6.07, 6.45) is 1.72. The minimum absolute atomic E-state index is 0.0515. The van der Waals surface area contributed by atoms with Crippen LogP contribution in [0.25, 0.3) is 16.9 Å². The molecule has 162 valence electrons. The third-order valence-electron chi connectivity index (χ3n) is 5.88. The third-order valence-corrected chi connectivity index (χ3v) is 5.88. The van der Waals surface area contributed by atoms with Gasteiger partial charge in [-0.2, -0.15) is 4.68 Å². The molecule has 0 unspecified atom stereocenters. The smallest absolute Gasteiger partial charge is 0.253 e. The predicted molar refractivity (Wildman–Crippen MR) is 123 cm³/mol. The molecule has 0 atom stereocenters. The molecule has 0 N–H and O–H groups in total. The molecule has 0 saturated carbocycles. The molecular formula is C24H24N6O2. The molecule has 2 aromatic heterocycles. The van der Waals surface area contributed by atoms with E-state index in [2.05, 4.69) is 32.3 Å². The highest BCUT2D eigenvalue weighted by Gasteiger charge is 2.23. The van der Waals surface area contributed by atoms with E-state index in [9.17, 15) is 4.79 Å². The number of anilines is 1. The van der Waals surface area contributed by atoms with E-state index in [-0.39, 0.29) is 5.91 Å². The number of methoxy groups -OCH3 is 1. The summed E-state index contributed by atoms with van der Waals surface area (Å²) in [5.41, 5.74) is 5.08. The van der Waals surface area contributed by atoms with Crippen LogP contribution in [0.1, 0.15) is 15.9 Å². The third kappa shape index (κ3) is 3.64. The van der Waals surface area contributed by atoms with Crippen molar-refractivity contribution in [3.05, 3.63) is 71.9 Å². The fraction of sp³-hybridized carbons (Fsp3) is 0.250. The van der Waals surface area contributed by atoms with Gasteiger partial charge < -0.3 is 14.5 Å². The molecule has 1 amide bonds. The van der Waals surface area contributed by atoms with E-state index in [0.717, 1.165) is 41.3 Å². The van der Waals surface area contributed by atoms with Gasteiger partial charge in [-0.05, 0) is 67.1 Å². The lowest BCUT2D eigenvalue weighted by molar-refractivity contribution is 0.0746. The average Bonchev–Trinajstić information content (AvgIpc) is 3.28. The number of pyridine rings is 1. The van der Waals surface area contributed by atoms with Crippen molar-refractivity contribution in [3.8, 4) is 11.4 Å². The predicted octanol–water partition coefficient (Wildman–Crippen LogP) is 3.09. The van der Waals surface area contributed by atoms with Gasteiger partial charge in [0.2, 0.25) is 0 Å². The number of hydrogen-bond acceptors (Lipinski definition) is 6. The van der Waals surface area contributed by atoms with Crippen molar-refractivity contribution < 1.29 is 9.53 Å². The number of nitrogens with zero attached hydrogens (tertiary/aromatic N) is 6. The minimum atomic E-state index is 0.0515. The number of hydrogen-bond donors (Lipinski definition) is 0. The second kappa shape index (κ2) is 8.30. The standard InChI is InChI=1S/C24H24N6O2/c1-17-16-18(5-10-22(17)30-23-21(26-27-30)4-3-11-25-23)24(31)29-14-12-28(13-15-29)19-6-8-20(32-2)9-7-19/h3-11,16H,12-15H2,1-2H3. The number of benzene rings is 2. The quantitative estimate of drug-likeness (QED) is 0.497. The molecule has 1 saturated heterocycles. The van der Waals surface area contributed by atoms with E-state index >= 15 is 0 Å². The highest BCUT2D eigenvalue weighted by Crippen LogP contribution is 2.23. The summed E-state index contributed by atoms with van der Waals surface area (Å²) < 4.78 is 6.95. The van der Waals surface area contributed by atoms with Gasteiger partial charge in [-0.1, -0.05) is 5.21 Å². The Morgan fingerprint density at radius 3 is 2.50 bits per heavy atom. The van der Waals surface area contributed by atoms with Crippen molar-refractivity contribution in [1.82, 2.24) is 24.9 Å². The Hall–Kier alpha value is -3.94. The lowest BCUT2D eigenvalue weighted by Crippen LogP contribution is -2.48. The maximum Gasteiger partial charge on any atom is 0.253 e. The van der Waals surface area contributed by atoms with E-state index < -0.39 is 0 Å². The molecule has 8 nitrogen and oxygen atoms in total. The van der Waals surface area contributed by atoms with Gasteiger partial charge in [0.1, 0.15) is 11.3 Å². The molecule has 1 aliphatic rings. The SMILES string of the molecule is COc1ccc(N2CCN(C(=O)c3ccc(-n4nnc5cccnc54)c(C)c3)CC2)cc1. The van der Waals surface area contributed by atoms with E-state index in [1.807, 2.05) is 54.3 Å². The number of fused-ring (bicyclic) bond motifs is 1. The summed E-state index contributed by atoms with van der Waals surface area (Å²) in [4.78, 5) is 21.7. The second-order valence-electron chi connectivity index (χ2n) is 7.83. The first kappa shape index (κ1) is 20.0. The highest BCUT2D eigenvalue weighted by molar-refractivity contribution is 5.95. The molecule has 1 aliphatic heterocycles. The van der Waals surface area contributed by atoms with Crippen molar-refractivity contribution in [2.45, 2.75) is 6.92 Å². The Morgan fingerprint density at radius 2 is 1.78 bits per heavy atom. The van der Waals surface area contributed by atoms with Crippen LogP contribution in [0.2, 0.25) is 0 Å². The van der Waals surface area contributed by atoms with Crippen LogP contribution in [-0.4, -0.2) is 64.1 Å². The topological polar surface area (TPSA) is 76.4 Å². The summed E-state index contributed by atoms with van der Waals surface area (Å²) >= 11 is 0. The van der Waals surface area contributed by atoms with Crippen LogP contribution in [0, 0.1) is 6.92 Å². The number of rotatable bonds is 4. The highest BCUT2D eigenvalue weighted by atomic mass is 16.5. The van der Waals surface area contributed by atoms with Crippen LogP contribution in [0.4, 0.5) is 5.69 Å². The number of aromatic nitrogens is 4. The molecule has 0 aliphatic carbocycles. The molecule has 0 radical (unpaired) electrons. The van der Waals surface area contributed by atoms with Crippen molar-refractivity contribution in [3.63, 3.8) is 0 Å². The Labute approximate surface area is 186 Å². The van der Waals surface area contributed by atoms with Gasteiger partial charge in [0.05, 0.1) is 12.8 Å². The summed E-state index contributed by atoms with van der Waals surface area (Å²) in [7, 11) is 1.67. The Balaban J connectivity index is 1.29. The molecule has 32 heavy (non-hydrogen) atoms. The van der Waals surface area contributed by atoms with Gasteiger partial charge in [-0.3, -0.25) is 4.79 Å². The van der Waals surface area contributed by atoms with E-state index in [1.165, 1.54) is 0 Å². The van der Waals surface area contributed by atoms with Crippen LogP contribution in [0.3, 0.4) is 0 Å². The van der Waals surface area contributed by atoms with Gasteiger partial charge in [-0.15, -0.1) is 5.10 Å². The molecule has 0 spiro atoms. The molecule has 8 heteroatoms. The molecular weight excluding hydrogens is 404 g/mol. The van der Waals surface area contributed by atoms with E-state index in [0.29, 0.717) is 24.3 Å². The maximum atomic E-state index is 13.1. The van der Waals surface area contributed by atoms with E-state index in [4.69, 9.17) is 4.74 Å². The zero-order valence-electron chi connectivity index (χ0n) is 18.1. The number of carbonyl (C=O) groups excluding carboxylic acids is 1. The molecule has 2 aromatic carbocycles. The number of amides is 1. The first-order chi connectivity index (χ1) is 15.6. The van der Waals surface area contributed by atoms with Gasteiger partial charge in [-0.25, -0.2) is 4.98 Å². The summed E-state index contributed by atoms with van der Waals surface area (Å²) in [6.45, 7) is 4.94. The molecule has 5 rings (SSSR count). The fourth-order valence-corrected chi connectivity index (χ4v) is 4.10. The lowest BCUT2D eigenvalue weighted by Gasteiger charge is -2.36. The van der Waals surface area contributed by atoms with E-state index in [1.54, 1.807) is 18.0 Å². The van der Waals surface area contributed by atoms with Gasteiger partial charge in [0, 0.05) is 43.6 Å². The lowest BCUT2D eigenvalue weighted by atomic mass is 10.1. The summed E-state index contributed by atoms with van der Waals surface area (Å²) in [5, 5.41) is 8.41. The summed E-state index contributed by atoms with van der Waals surface area (Å²) in [5.74, 6) is 0.895. The zero-order valence-corrected chi connectivity index (χ0v) is 18.1. The normalized spacial score (nSPS) is 14.1. The average molecular weight is 428 g/mol. The first-order valence-corrected chi connectivity index (χ1v) is 10.6. The van der Waals surface area contributed by atoms with Gasteiger partial charge >= 0.3 is 0 Å². The maximum absolute atomic E-state index is 13.1. The monoisotopic (exact) mass is 428 g/mol. The van der Waals surface area contributed by atoms with Crippen molar-refractivity contribution >= 4 is 22.8 Å². The minimum Gasteiger partial charge on any atom is -0.497 e. The Kier molecular flexibility index (Phi) is 5.18. The number of carbonyl (C=O) groups is 1. The number of aryl methyl sites for hydroxylation is 1. The van der Waals surface area contributed by atoms with Crippen LogP contribution in [0.5, 0.6) is 5.75 Å². The molecule has 4 aromatic rings. The number of ether oxygens (including phenoxy) is 1. The van der Waals surface area contributed by atoms with Gasteiger partial charge in [0.15, 0.2) is 5.65 Å². The fourth-order valence-electron chi connectivity index (χ4n) is 4.10. The van der Waals surface area contributed by atoms with Crippen molar-refractivity contribution in [2.75, 3.05) is 38.2 Å². The zero-order chi connectivity index (χ0) is 22.1. The first-order valence-electron chi connectivity index (χ1n) is 10.6.